The standard InChI is InChI=1S/C19H19N3O9/c23-17(11-31-18(24)4-5-20-19(25)14-3-1-6-28-14)21-12-9-15-16(10-13(12)22(26)27)30-8-2-7-29-15/h1,3,6,9-10H,2,4-5,7-8,11H2,(H,20,25)(H,21,23). The van der Waals surface area contributed by atoms with Gasteiger partial charge in [-0.05, 0) is 12.1 Å². The number of nitro benzene ring substituents is 1. The van der Waals surface area contributed by atoms with Crippen molar-refractivity contribution in [1.29, 1.82) is 0 Å². The maximum Gasteiger partial charge on any atom is 0.308 e. The molecular formula is C19H19N3O9. The molecule has 31 heavy (non-hydrogen) atoms. The summed E-state index contributed by atoms with van der Waals surface area (Å²) in [6.45, 7) is 0.0459. The summed E-state index contributed by atoms with van der Waals surface area (Å²) >= 11 is 0. The minimum Gasteiger partial charge on any atom is -0.489 e. The summed E-state index contributed by atoms with van der Waals surface area (Å²) in [4.78, 5) is 46.2. The predicted octanol–water partition coefficient (Wildman–Crippen LogP) is 1.65. The summed E-state index contributed by atoms with van der Waals surface area (Å²) in [5, 5.41) is 16.1. The molecule has 2 heterocycles. The molecule has 0 spiro atoms. The average Bonchev–Trinajstić information content (AvgIpc) is 3.18. The Morgan fingerprint density at radius 2 is 1.90 bits per heavy atom. The quantitative estimate of drug-likeness (QED) is 0.358. The van der Waals surface area contributed by atoms with Crippen LogP contribution in [0.25, 0.3) is 0 Å². The Labute approximate surface area is 175 Å². The number of fused-ring (bicyclic) bond motifs is 1. The van der Waals surface area contributed by atoms with Crippen molar-refractivity contribution in [2.45, 2.75) is 12.8 Å². The Kier molecular flexibility index (Phi) is 7.04. The second-order valence-corrected chi connectivity index (χ2v) is 6.32. The van der Waals surface area contributed by atoms with Crippen LogP contribution in [0.15, 0.2) is 34.9 Å². The van der Waals surface area contributed by atoms with Crippen LogP contribution in [0.5, 0.6) is 11.5 Å². The van der Waals surface area contributed by atoms with Gasteiger partial charge in [0.25, 0.3) is 17.5 Å². The molecule has 12 heteroatoms. The molecule has 2 aromatic rings. The fraction of sp³-hybridized carbons (Fsp3) is 0.316. The van der Waals surface area contributed by atoms with Gasteiger partial charge >= 0.3 is 5.97 Å². The number of rotatable bonds is 8. The van der Waals surface area contributed by atoms with Crippen LogP contribution < -0.4 is 20.1 Å². The zero-order chi connectivity index (χ0) is 22.2. The maximum atomic E-state index is 12.1. The van der Waals surface area contributed by atoms with Crippen LogP contribution in [0.2, 0.25) is 0 Å². The van der Waals surface area contributed by atoms with Crippen molar-refractivity contribution >= 4 is 29.2 Å². The number of benzene rings is 1. The van der Waals surface area contributed by atoms with E-state index in [1.165, 1.54) is 24.5 Å². The molecule has 1 aromatic heterocycles. The highest BCUT2D eigenvalue weighted by molar-refractivity contribution is 5.95. The second-order valence-electron chi connectivity index (χ2n) is 6.32. The number of nitrogens with zero attached hydrogens (tertiary/aromatic N) is 1. The highest BCUT2D eigenvalue weighted by atomic mass is 16.6. The molecule has 12 nitrogen and oxygen atoms in total. The number of anilines is 1. The van der Waals surface area contributed by atoms with Crippen molar-refractivity contribution < 1.29 is 37.9 Å². The van der Waals surface area contributed by atoms with Gasteiger partial charge in [0.05, 0.1) is 36.9 Å². The maximum absolute atomic E-state index is 12.1. The lowest BCUT2D eigenvalue weighted by Gasteiger charge is -2.11. The second kappa shape index (κ2) is 10.1. The molecule has 0 atom stereocenters. The van der Waals surface area contributed by atoms with E-state index in [2.05, 4.69) is 10.6 Å². The Morgan fingerprint density at radius 3 is 2.58 bits per heavy atom. The molecule has 0 saturated carbocycles. The summed E-state index contributed by atoms with van der Waals surface area (Å²) < 4.78 is 20.6. The van der Waals surface area contributed by atoms with Gasteiger partial charge in [0.2, 0.25) is 0 Å². The van der Waals surface area contributed by atoms with E-state index in [-0.39, 0.29) is 41.6 Å². The molecule has 2 amide bonds. The van der Waals surface area contributed by atoms with Gasteiger partial charge in [-0.2, -0.15) is 0 Å². The number of furan rings is 1. The van der Waals surface area contributed by atoms with E-state index >= 15 is 0 Å². The lowest BCUT2D eigenvalue weighted by molar-refractivity contribution is -0.384. The number of esters is 1. The molecular weight excluding hydrogens is 414 g/mol. The number of amides is 2. The van der Waals surface area contributed by atoms with Crippen molar-refractivity contribution in [3.8, 4) is 11.5 Å². The van der Waals surface area contributed by atoms with Crippen LogP contribution >= 0.6 is 0 Å². The predicted molar refractivity (Wildman–Crippen MR) is 104 cm³/mol. The van der Waals surface area contributed by atoms with Crippen LogP contribution in [0.4, 0.5) is 11.4 Å². The number of carbonyl (C=O) groups is 3. The smallest absolute Gasteiger partial charge is 0.308 e. The normalized spacial score (nSPS) is 12.4. The Bertz CT molecular complexity index is 972. The van der Waals surface area contributed by atoms with Crippen molar-refractivity contribution in [3.63, 3.8) is 0 Å². The van der Waals surface area contributed by atoms with Gasteiger partial charge in [-0.15, -0.1) is 0 Å². The van der Waals surface area contributed by atoms with E-state index in [1.807, 2.05) is 0 Å². The molecule has 0 fully saturated rings. The minimum absolute atomic E-state index is 0.0202. The zero-order valence-electron chi connectivity index (χ0n) is 16.3. The lowest BCUT2D eigenvalue weighted by atomic mass is 10.2. The van der Waals surface area contributed by atoms with Gasteiger partial charge in [0.1, 0.15) is 5.69 Å². The summed E-state index contributed by atoms with van der Waals surface area (Å²) in [5.41, 5.74) is -0.495. The summed E-state index contributed by atoms with van der Waals surface area (Å²) in [7, 11) is 0. The van der Waals surface area contributed by atoms with E-state index < -0.39 is 29.3 Å². The molecule has 0 unspecified atom stereocenters. The summed E-state index contributed by atoms with van der Waals surface area (Å²) in [5.74, 6) is -1.41. The fourth-order valence-corrected chi connectivity index (χ4v) is 2.63. The third-order valence-corrected chi connectivity index (χ3v) is 4.06. The molecule has 3 rings (SSSR count). The number of nitrogens with one attached hydrogen (secondary N) is 2. The van der Waals surface area contributed by atoms with Crippen molar-refractivity contribution in [1.82, 2.24) is 5.32 Å². The highest BCUT2D eigenvalue weighted by Crippen LogP contribution is 2.39. The average molecular weight is 433 g/mol. The van der Waals surface area contributed by atoms with Crippen LogP contribution in [0.1, 0.15) is 23.4 Å². The number of hydrogen-bond donors (Lipinski definition) is 2. The van der Waals surface area contributed by atoms with Gasteiger partial charge in [0.15, 0.2) is 23.9 Å². The molecule has 1 aliphatic heterocycles. The van der Waals surface area contributed by atoms with E-state index in [4.69, 9.17) is 18.6 Å². The van der Waals surface area contributed by atoms with E-state index in [9.17, 15) is 24.5 Å². The molecule has 2 N–H and O–H groups in total. The highest BCUT2D eigenvalue weighted by Gasteiger charge is 2.23. The number of carbonyl (C=O) groups excluding carboxylic acids is 3. The molecule has 164 valence electrons. The zero-order valence-corrected chi connectivity index (χ0v) is 16.3. The topological polar surface area (TPSA) is 159 Å². The van der Waals surface area contributed by atoms with Gasteiger partial charge in [-0.25, -0.2) is 0 Å². The monoisotopic (exact) mass is 433 g/mol. The van der Waals surface area contributed by atoms with Gasteiger partial charge < -0.3 is 29.3 Å². The SMILES string of the molecule is O=C(COC(=O)CCNC(=O)c1ccco1)Nc1cc2c(cc1[N+](=O)[O-])OCCCO2. The Hall–Kier alpha value is -4.09. The van der Waals surface area contributed by atoms with Crippen LogP contribution in [-0.2, 0) is 14.3 Å². The molecule has 1 aromatic carbocycles. The molecule has 0 radical (unpaired) electrons. The lowest BCUT2D eigenvalue weighted by Crippen LogP contribution is -2.27. The van der Waals surface area contributed by atoms with Crippen molar-refractivity contribution in [3.05, 3.63) is 46.4 Å². The number of hydrogen-bond acceptors (Lipinski definition) is 9. The first-order chi connectivity index (χ1) is 14.9. The molecule has 1 aliphatic rings. The van der Waals surface area contributed by atoms with Crippen LogP contribution in [0, 0.1) is 10.1 Å². The molecule has 0 bridgehead atoms. The van der Waals surface area contributed by atoms with Crippen LogP contribution in [0.3, 0.4) is 0 Å². The summed E-state index contributed by atoms with van der Waals surface area (Å²) in [6.07, 6.45) is 1.78. The fourth-order valence-electron chi connectivity index (χ4n) is 2.63. The molecule has 0 aliphatic carbocycles. The van der Waals surface area contributed by atoms with Crippen molar-refractivity contribution in [2.24, 2.45) is 0 Å². The first-order valence-corrected chi connectivity index (χ1v) is 9.29. The van der Waals surface area contributed by atoms with Gasteiger partial charge in [0, 0.05) is 19.0 Å². The van der Waals surface area contributed by atoms with E-state index in [1.54, 1.807) is 6.07 Å². The number of ether oxygens (including phenoxy) is 3. The van der Waals surface area contributed by atoms with E-state index in [0.29, 0.717) is 19.6 Å². The van der Waals surface area contributed by atoms with Crippen molar-refractivity contribution in [2.75, 3.05) is 31.7 Å². The first kappa shape index (κ1) is 21.6. The van der Waals surface area contributed by atoms with Gasteiger partial charge in [-0.1, -0.05) is 0 Å². The third-order valence-electron chi connectivity index (χ3n) is 4.06. The first-order valence-electron chi connectivity index (χ1n) is 9.29. The minimum atomic E-state index is -0.773. The van der Waals surface area contributed by atoms with E-state index in [0.717, 1.165) is 0 Å². The third kappa shape index (κ3) is 5.95. The number of nitro groups is 1. The largest absolute Gasteiger partial charge is 0.489 e. The van der Waals surface area contributed by atoms with Crippen LogP contribution in [-0.4, -0.2) is 49.1 Å². The Morgan fingerprint density at radius 1 is 1.16 bits per heavy atom. The molecule has 0 saturated heterocycles. The Balaban J connectivity index is 1.49. The van der Waals surface area contributed by atoms with Gasteiger partial charge in [-0.3, -0.25) is 24.5 Å². The summed E-state index contributed by atoms with van der Waals surface area (Å²) in [6, 6.07) is 5.48.